The Kier molecular flexibility index (Phi) is 3.55. The fourth-order valence-electron chi connectivity index (χ4n) is 3.07. The minimum absolute atomic E-state index is 0.302. The van der Waals surface area contributed by atoms with Crippen molar-refractivity contribution in [3.05, 3.63) is 24.0 Å². The van der Waals surface area contributed by atoms with E-state index in [0.717, 1.165) is 43.3 Å². The van der Waals surface area contributed by atoms with Crippen LogP contribution in [0.1, 0.15) is 30.3 Å². The molecule has 3 aromatic rings. The number of aromatic nitrogens is 6. The number of fused-ring (bicyclic) bond motifs is 1. The molecule has 4 heterocycles. The maximum Gasteiger partial charge on any atom is 0.265 e. The van der Waals surface area contributed by atoms with Crippen LogP contribution in [0.2, 0.25) is 0 Å². The summed E-state index contributed by atoms with van der Waals surface area (Å²) in [5.41, 5.74) is 0.945. The summed E-state index contributed by atoms with van der Waals surface area (Å²) < 4.78 is 7.22. The van der Waals surface area contributed by atoms with Crippen LogP contribution in [0.15, 0.2) is 16.9 Å². The van der Waals surface area contributed by atoms with E-state index in [0.29, 0.717) is 17.6 Å². The first kappa shape index (κ1) is 14.9. The van der Waals surface area contributed by atoms with E-state index in [1.807, 2.05) is 25.9 Å². The first-order valence-electron chi connectivity index (χ1n) is 8.05. The molecule has 0 radical (unpaired) electrons. The molecule has 1 aliphatic rings. The lowest BCUT2D eigenvalue weighted by Gasteiger charge is -2.32. The number of piperidine rings is 1. The van der Waals surface area contributed by atoms with E-state index >= 15 is 0 Å². The van der Waals surface area contributed by atoms with Crippen molar-refractivity contribution < 1.29 is 4.52 Å². The van der Waals surface area contributed by atoms with E-state index in [2.05, 4.69) is 36.2 Å². The van der Waals surface area contributed by atoms with Crippen molar-refractivity contribution in [2.45, 2.75) is 25.7 Å². The zero-order valence-corrected chi connectivity index (χ0v) is 14.0. The predicted molar refractivity (Wildman–Crippen MR) is 88.3 cm³/mol. The van der Waals surface area contributed by atoms with E-state index < -0.39 is 0 Å². The Morgan fingerprint density at radius 1 is 1.21 bits per heavy atom. The molecule has 0 unspecified atom stereocenters. The molecule has 9 heteroatoms. The fourth-order valence-corrected chi connectivity index (χ4v) is 3.07. The van der Waals surface area contributed by atoms with Gasteiger partial charge in [-0.3, -0.25) is 0 Å². The third-order valence-corrected chi connectivity index (χ3v) is 4.36. The molecule has 1 fully saturated rings. The molecule has 0 bridgehead atoms. The summed E-state index contributed by atoms with van der Waals surface area (Å²) in [7, 11) is 3.82. The van der Waals surface area contributed by atoms with Gasteiger partial charge in [0.25, 0.3) is 11.7 Å². The monoisotopic (exact) mass is 328 g/mol. The van der Waals surface area contributed by atoms with Crippen molar-refractivity contribution in [2.75, 3.05) is 37.0 Å². The van der Waals surface area contributed by atoms with Crippen LogP contribution in [0.5, 0.6) is 0 Å². The molecule has 0 aromatic carbocycles. The van der Waals surface area contributed by atoms with Gasteiger partial charge in [0.2, 0.25) is 5.89 Å². The van der Waals surface area contributed by atoms with Crippen LogP contribution in [0.4, 0.5) is 11.8 Å². The molecular formula is C15H20N8O. The van der Waals surface area contributed by atoms with Crippen LogP contribution in [0.3, 0.4) is 0 Å². The summed E-state index contributed by atoms with van der Waals surface area (Å²) in [4.78, 5) is 17.2. The largest absolute Gasteiger partial charge is 0.356 e. The second-order valence-electron chi connectivity index (χ2n) is 6.32. The molecule has 24 heavy (non-hydrogen) atoms. The molecule has 3 aromatic heterocycles. The number of hydrogen-bond donors (Lipinski definition) is 0. The lowest BCUT2D eigenvalue weighted by atomic mass is 9.97. The van der Waals surface area contributed by atoms with Gasteiger partial charge in [0.1, 0.15) is 12.1 Å². The molecule has 1 aliphatic heterocycles. The average Bonchev–Trinajstić information content (AvgIpc) is 3.23. The molecule has 0 spiro atoms. The summed E-state index contributed by atoms with van der Waals surface area (Å²) >= 11 is 0. The first-order valence-corrected chi connectivity index (χ1v) is 8.05. The first-order chi connectivity index (χ1) is 11.6. The second-order valence-corrected chi connectivity index (χ2v) is 6.32. The summed E-state index contributed by atoms with van der Waals surface area (Å²) in [5.74, 6) is 3.33. The van der Waals surface area contributed by atoms with Gasteiger partial charge in [0.05, 0.1) is 0 Å². The van der Waals surface area contributed by atoms with Crippen molar-refractivity contribution >= 4 is 17.5 Å². The number of hydrogen-bond acceptors (Lipinski definition) is 8. The number of nitrogens with zero attached hydrogens (tertiary/aromatic N) is 8. The lowest BCUT2D eigenvalue weighted by Crippen LogP contribution is -2.34. The maximum absolute atomic E-state index is 5.42. The van der Waals surface area contributed by atoms with Gasteiger partial charge in [-0.05, 0) is 24.9 Å². The molecule has 0 amide bonds. The third kappa shape index (κ3) is 2.55. The van der Waals surface area contributed by atoms with Crippen LogP contribution in [-0.2, 0) is 0 Å². The van der Waals surface area contributed by atoms with Gasteiger partial charge in [-0.1, -0.05) is 0 Å². The normalized spacial score (nSPS) is 16.0. The van der Waals surface area contributed by atoms with E-state index in [9.17, 15) is 0 Å². The lowest BCUT2D eigenvalue weighted by molar-refractivity contribution is 0.328. The van der Waals surface area contributed by atoms with E-state index in [4.69, 9.17) is 4.52 Å². The summed E-state index contributed by atoms with van der Waals surface area (Å²) in [6.07, 6.45) is 3.47. The Bertz CT molecular complexity index is 846. The highest BCUT2D eigenvalue weighted by atomic mass is 16.5. The van der Waals surface area contributed by atoms with E-state index in [-0.39, 0.29) is 0 Å². The van der Waals surface area contributed by atoms with Gasteiger partial charge in [0.15, 0.2) is 0 Å². The van der Waals surface area contributed by atoms with Crippen molar-refractivity contribution in [1.29, 1.82) is 0 Å². The Hall–Kier alpha value is -2.71. The van der Waals surface area contributed by atoms with Gasteiger partial charge in [-0.15, -0.1) is 0 Å². The quantitative estimate of drug-likeness (QED) is 0.710. The SMILES string of the molecule is Cc1cc(N2CCC(c3nc(N(C)C)no3)CC2)n2ncnc2n1. The smallest absolute Gasteiger partial charge is 0.265 e. The van der Waals surface area contributed by atoms with Crippen molar-refractivity contribution in [2.24, 2.45) is 0 Å². The zero-order chi connectivity index (χ0) is 16.7. The highest BCUT2D eigenvalue weighted by Gasteiger charge is 2.27. The molecule has 126 valence electrons. The number of aryl methyl sites for hydroxylation is 1. The van der Waals surface area contributed by atoms with Gasteiger partial charge >= 0.3 is 0 Å². The Labute approximate surface area is 139 Å². The summed E-state index contributed by atoms with van der Waals surface area (Å²) in [6, 6.07) is 2.05. The number of anilines is 2. The molecule has 1 saturated heterocycles. The van der Waals surface area contributed by atoms with Gasteiger partial charge in [-0.2, -0.15) is 19.6 Å². The van der Waals surface area contributed by atoms with Crippen molar-refractivity contribution in [1.82, 2.24) is 29.7 Å². The van der Waals surface area contributed by atoms with Gasteiger partial charge in [0, 0.05) is 44.9 Å². The van der Waals surface area contributed by atoms with Crippen LogP contribution in [-0.4, -0.2) is 56.9 Å². The fraction of sp³-hybridized carbons (Fsp3) is 0.533. The topological polar surface area (TPSA) is 88.5 Å². The van der Waals surface area contributed by atoms with Crippen molar-refractivity contribution in [3.63, 3.8) is 0 Å². The zero-order valence-electron chi connectivity index (χ0n) is 14.0. The summed E-state index contributed by atoms with van der Waals surface area (Å²) in [5, 5.41) is 8.30. The predicted octanol–water partition coefficient (Wildman–Crippen LogP) is 1.27. The summed E-state index contributed by atoms with van der Waals surface area (Å²) in [6.45, 7) is 3.79. The molecule has 0 saturated carbocycles. The maximum atomic E-state index is 5.42. The molecular weight excluding hydrogens is 308 g/mol. The van der Waals surface area contributed by atoms with Crippen LogP contribution in [0, 0.1) is 6.92 Å². The Morgan fingerprint density at radius 3 is 2.71 bits per heavy atom. The van der Waals surface area contributed by atoms with Gasteiger partial charge in [-0.25, -0.2) is 4.98 Å². The van der Waals surface area contributed by atoms with Gasteiger partial charge < -0.3 is 14.3 Å². The number of rotatable bonds is 3. The van der Waals surface area contributed by atoms with E-state index in [1.165, 1.54) is 0 Å². The molecule has 0 atom stereocenters. The Balaban J connectivity index is 1.52. The average molecular weight is 328 g/mol. The highest BCUT2D eigenvalue weighted by Crippen LogP contribution is 2.30. The highest BCUT2D eigenvalue weighted by molar-refractivity contribution is 5.47. The van der Waals surface area contributed by atoms with Crippen molar-refractivity contribution in [3.8, 4) is 0 Å². The molecule has 4 rings (SSSR count). The van der Waals surface area contributed by atoms with Crippen LogP contribution >= 0.6 is 0 Å². The molecule has 0 N–H and O–H groups in total. The second kappa shape index (κ2) is 5.73. The van der Waals surface area contributed by atoms with Crippen LogP contribution < -0.4 is 9.80 Å². The minimum Gasteiger partial charge on any atom is -0.356 e. The third-order valence-electron chi connectivity index (χ3n) is 4.36. The standard InChI is InChI=1S/C15H20N8O/c1-10-8-12(23-14(18-10)16-9-17-23)22-6-4-11(5-7-22)13-19-15(20-24-13)21(2)3/h8-9,11H,4-7H2,1-3H3. The van der Waals surface area contributed by atoms with Crippen LogP contribution in [0.25, 0.3) is 5.78 Å². The molecule has 0 aliphatic carbocycles. The molecule has 9 nitrogen and oxygen atoms in total. The van der Waals surface area contributed by atoms with E-state index in [1.54, 1.807) is 10.8 Å². The Morgan fingerprint density at radius 2 is 2.00 bits per heavy atom. The minimum atomic E-state index is 0.302.